The van der Waals surface area contributed by atoms with Crippen LogP contribution in [0.2, 0.25) is 0 Å². The average molecular weight is 639 g/mol. The molecule has 2 aromatic carbocycles. The number of hydrogen-bond donors (Lipinski definition) is 9. The molecule has 0 radical (unpaired) electrons. The van der Waals surface area contributed by atoms with E-state index in [1.54, 1.807) is 26.0 Å². The fourth-order valence-electron chi connectivity index (χ4n) is 5.17. The molecule has 0 aliphatic carbocycles. The molecule has 13 nitrogen and oxygen atoms in total. The molecule has 0 unspecified atom stereocenters. The molecule has 2 rings (SSSR count). The van der Waals surface area contributed by atoms with Crippen LogP contribution in [0.3, 0.4) is 0 Å². The lowest BCUT2D eigenvalue weighted by atomic mass is 9.95. The molecule has 0 spiro atoms. The highest BCUT2D eigenvalue weighted by Gasteiger charge is 2.30. The summed E-state index contributed by atoms with van der Waals surface area (Å²) in [6.45, 7) is 3.97. The molecule has 0 fully saturated rings. The Kier molecular flexibility index (Phi) is 15.7. The van der Waals surface area contributed by atoms with Crippen molar-refractivity contribution < 1.29 is 24.3 Å². The van der Waals surface area contributed by atoms with Gasteiger partial charge in [0, 0.05) is 19.3 Å². The largest absolute Gasteiger partial charge is 0.508 e. The van der Waals surface area contributed by atoms with E-state index in [1.165, 1.54) is 0 Å². The van der Waals surface area contributed by atoms with Crippen LogP contribution in [0.15, 0.2) is 42.5 Å². The van der Waals surface area contributed by atoms with Crippen molar-refractivity contribution in [2.45, 2.75) is 95.8 Å². The van der Waals surface area contributed by atoms with Crippen LogP contribution in [0.5, 0.6) is 5.75 Å². The van der Waals surface area contributed by atoms with Crippen LogP contribution in [-0.2, 0) is 32.0 Å². The van der Waals surface area contributed by atoms with E-state index < -0.39 is 47.8 Å². The number of rotatable bonds is 20. The Balaban J connectivity index is 2.29. The maximum atomic E-state index is 13.8. The van der Waals surface area contributed by atoms with Crippen molar-refractivity contribution in [2.24, 2.45) is 22.9 Å². The highest BCUT2D eigenvalue weighted by molar-refractivity contribution is 5.94. The minimum atomic E-state index is -1.11. The maximum absolute atomic E-state index is 13.8. The summed E-state index contributed by atoms with van der Waals surface area (Å²) < 4.78 is 0. The number of phenolic OH excluding ortho intramolecular Hbond substituents is 1. The summed E-state index contributed by atoms with van der Waals surface area (Å²) in [6, 6.07) is 8.15. The number of hydrogen-bond acceptors (Lipinski definition) is 8. The second-order valence-corrected chi connectivity index (χ2v) is 11.7. The van der Waals surface area contributed by atoms with Gasteiger partial charge in [-0.3, -0.25) is 24.6 Å². The van der Waals surface area contributed by atoms with E-state index in [4.69, 9.17) is 28.3 Å². The van der Waals surface area contributed by atoms with E-state index in [2.05, 4.69) is 16.0 Å². The van der Waals surface area contributed by atoms with E-state index in [9.17, 15) is 24.3 Å². The third-order valence-corrected chi connectivity index (χ3v) is 7.79. The summed E-state index contributed by atoms with van der Waals surface area (Å²) in [4.78, 5) is 52.8. The van der Waals surface area contributed by atoms with E-state index >= 15 is 0 Å². The molecule has 0 aliphatic rings. The van der Waals surface area contributed by atoms with Gasteiger partial charge >= 0.3 is 0 Å². The number of unbranched alkanes of at least 4 members (excludes halogenated alkanes) is 2. The Hall–Kier alpha value is -4.49. The SMILES string of the molecule is Cc1cc(O)cc(C)c1C[C@H](NC(=O)[C@H](N)CCCCC(=N)N)C(=O)N[C@@H](CCCCN)C(=O)N[C@@H](Cc1ccccc1)C(N)=O. The number of carbonyl (C=O) groups is 4. The monoisotopic (exact) mass is 638 g/mol. The standard InChI is InChI=1S/C33H50N8O5/c1-20-16-23(42)17-21(2)24(20)19-28(41-31(44)25(35)12-6-7-14-29(36)37)33(46)39-26(13-8-9-15-34)32(45)40-27(30(38)43)18-22-10-4-3-5-11-22/h3-5,10-11,16-17,25-28,42H,6-9,12-15,18-19,34-35H2,1-2H3,(H3,36,37)(H2,38,43)(H,39,46)(H,40,45)(H,41,44)/t25-,26+,27+,28+/m1/s1. The lowest BCUT2D eigenvalue weighted by Crippen LogP contribution is -2.58. The molecule has 0 saturated heterocycles. The Morgan fingerprint density at radius 2 is 1.35 bits per heavy atom. The molecule has 46 heavy (non-hydrogen) atoms. The second-order valence-electron chi connectivity index (χ2n) is 11.7. The van der Waals surface area contributed by atoms with Gasteiger partial charge in [0.25, 0.3) is 0 Å². The predicted octanol–water partition coefficient (Wildman–Crippen LogP) is 0.687. The molecule has 13 heteroatoms. The van der Waals surface area contributed by atoms with Gasteiger partial charge in [0.1, 0.15) is 23.9 Å². The maximum Gasteiger partial charge on any atom is 0.243 e. The minimum Gasteiger partial charge on any atom is -0.508 e. The number of nitrogens with one attached hydrogen (secondary N) is 4. The summed E-state index contributed by atoms with van der Waals surface area (Å²) in [5, 5.41) is 25.6. The molecule has 0 aromatic heterocycles. The van der Waals surface area contributed by atoms with E-state index in [1.807, 2.05) is 30.3 Å². The van der Waals surface area contributed by atoms with Crippen molar-refractivity contribution in [1.82, 2.24) is 16.0 Å². The molecular formula is C33H50N8O5. The van der Waals surface area contributed by atoms with Gasteiger partial charge in [0.2, 0.25) is 23.6 Å². The van der Waals surface area contributed by atoms with Crippen molar-refractivity contribution in [3.8, 4) is 5.75 Å². The zero-order chi connectivity index (χ0) is 34.2. The normalized spacial score (nSPS) is 13.6. The molecule has 2 aromatic rings. The third kappa shape index (κ3) is 12.9. The number of phenols is 1. The fraction of sp³-hybridized carbons (Fsp3) is 0.485. The van der Waals surface area contributed by atoms with Gasteiger partial charge < -0.3 is 44.0 Å². The number of aromatic hydroxyl groups is 1. The van der Waals surface area contributed by atoms with Crippen LogP contribution in [0, 0.1) is 19.3 Å². The molecule has 13 N–H and O–H groups in total. The van der Waals surface area contributed by atoms with Crippen LogP contribution in [0.1, 0.15) is 67.2 Å². The first-order chi connectivity index (χ1) is 21.8. The first kappa shape index (κ1) is 37.7. The second kappa shape index (κ2) is 19.1. The van der Waals surface area contributed by atoms with Crippen molar-refractivity contribution in [3.63, 3.8) is 0 Å². The summed E-state index contributed by atoms with van der Waals surface area (Å²) in [6.07, 6.45) is 3.49. The smallest absolute Gasteiger partial charge is 0.243 e. The van der Waals surface area contributed by atoms with E-state index in [0.29, 0.717) is 45.1 Å². The average Bonchev–Trinajstić information content (AvgIpc) is 2.99. The highest BCUT2D eigenvalue weighted by Crippen LogP contribution is 2.22. The van der Waals surface area contributed by atoms with Gasteiger partial charge in [-0.05, 0) is 86.9 Å². The van der Waals surface area contributed by atoms with Gasteiger partial charge in [-0.25, -0.2) is 0 Å². The van der Waals surface area contributed by atoms with Crippen LogP contribution in [0.25, 0.3) is 0 Å². The molecule has 252 valence electrons. The van der Waals surface area contributed by atoms with E-state index in [-0.39, 0.29) is 30.8 Å². The number of amidine groups is 1. The van der Waals surface area contributed by atoms with Crippen molar-refractivity contribution >= 4 is 29.5 Å². The molecule has 0 aliphatic heterocycles. The number of benzene rings is 2. The predicted molar refractivity (Wildman–Crippen MR) is 178 cm³/mol. The summed E-state index contributed by atoms with van der Waals surface area (Å²) >= 11 is 0. The van der Waals surface area contributed by atoms with E-state index in [0.717, 1.165) is 22.3 Å². The summed E-state index contributed by atoms with van der Waals surface area (Å²) in [5.74, 6) is -2.33. The lowest BCUT2D eigenvalue weighted by molar-refractivity contribution is -0.133. The number of aryl methyl sites for hydroxylation is 2. The van der Waals surface area contributed by atoms with Gasteiger partial charge in [-0.15, -0.1) is 0 Å². The topological polar surface area (TPSA) is 253 Å². The van der Waals surface area contributed by atoms with Gasteiger partial charge in [0.15, 0.2) is 0 Å². The van der Waals surface area contributed by atoms with Gasteiger partial charge in [-0.1, -0.05) is 36.8 Å². The Labute approximate surface area is 270 Å². The third-order valence-electron chi connectivity index (χ3n) is 7.79. The zero-order valence-corrected chi connectivity index (χ0v) is 26.8. The van der Waals surface area contributed by atoms with Crippen molar-refractivity contribution in [2.75, 3.05) is 6.54 Å². The molecular weight excluding hydrogens is 588 g/mol. The van der Waals surface area contributed by atoms with Crippen LogP contribution >= 0.6 is 0 Å². The summed E-state index contributed by atoms with van der Waals surface area (Å²) in [5.41, 5.74) is 25.8. The lowest BCUT2D eigenvalue weighted by Gasteiger charge is -2.26. The first-order valence-corrected chi connectivity index (χ1v) is 15.6. The minimum absolute atomic E-state index is 0.0571. The molecule has 4 amide bonds. The Morgan fingerprint density at radius 3 is 1.93 bits per heavy atom. The fourth-order valence-corrected chi connectivity index (χ4v) is 5.17. The highest BCUT2D eigenvalue weighted by atomic mass is 16.3. The number of nitrogens with two attached hydrogens (primary N) is 4. The number of primary amides is 1. The number of amides is 4. The Bertz CT molecular complexity index is 1310. The molecule has 0 bridgehead atoms. The molecule has 0 saturated carbocycles. The van der Waals surface area contributed by atoms with Crippen LogP contribution < -0.4 is 38.9 Å². The zero-order valence-electron chi connectivity index (χ0n) is 26.8. The number of carbonyl (C=O) groups excluding carboxylic acids is 4. The Morgan fingerprint density at radius 1 is 0.783 bits per heavy atom. The molecule has 0 heterocycles. The molecule has 4 atom stereocenters. The van der Waals surface area contributed by atoms with Crippen molar-refractivity contribution in [3.05, 3.63) is 64.7 Å². The summed E-state index contributed by atoms with van der Waals surface area (Å²) in [7, 11) is 0. The quantitative estimate of drug-likeness (QED) is 0.0565. The van der Waals surface area contributed by atoms with Gasteiger partial charge in [0.05, 0.1) is 11.9 Å². The van der Waals surface area contributed by atoms with Gasteiger partial charge in [-0.2, -0.15) is 0 Å². The van der Waals surface area contributed by atoms with Crippen LogP contribution in [-0.4, -0.2) is 65.3 Å². The van der Waals surface area contributed by atoms with Crippen LogP contribution in [0.4, 0.5) is 0 Å². The van der Waals surface area contributed by atoms with Crippen molar-refractivity contribution in [1.29, 1.82) is 5.41 Å². The first-order valence-electron chi connectivity index (χ1n) is 15.6.